The van der Waals surface area contributed by atoms with Crippen LogP contribution in [0.3, 0.4) is 0 Å². The normalized spacial score (nSPS) is 9.90. The van der Waals surface area contributed by atoms with Gasteiger partial charge < -0.3 is 21.1 Å². The molecule has 6 heteroatoms. The number of hydrogen-bond donors (Lipinski definition) is 3. The first-order valence-electron chi connectivity index (χ1n) is 5.85. The SMILES string of the molecule is COc1cccc(NC(=O)Nc2ccc(Br)c(N)c2)c1. The van der Waals surface area contributed by atoms with E-state index in [9.17, 15) is 4.79 Å². The van der Waals surface area contributed by atoms with Gasteiger partial charge in [-0.25, -0.2) is 4.79 Å². The first kappa shape index (κ1) is 14.2. The first-order valence-corrected chi connectivity index (χ1v) is 6.65. The van der Waals surface area contributed by atoms with Crippen molar-refractivity contribution in [1.82, 2.24) is 0 Å². The number of carbonyl (C=O) groups excluding carboxylic acids is 1. The van der Waals surface area contributed by atoms with Gasteiger partial charge in [0.15, 0.2) is 0 Å². The van der Waals surface area contributed by atoms with Gasteiger partial charge in [-0.1, -0.05) is 6.07 Å². The second kappa shape index (κ2) is 6.29. The molecular formula is C14H14BrN3O2. The van der Waals surface area contributed by atoms with Gasteiger partial charge in [0.2, 0.25) is 0 Å². The zero-order chi connectivity index (χ0) is 14.5. The minimum Gasteiger partial charge on any atom is -0.497 e. The molecule has 2 rings (SSSR count). The minimum absolute atomic E-state index is 0.347. The van der Waals surface area contributed by atoms with E-state index >= 15 is 0 Å². The minimum atomic E-state index is -0.347. The van der Waals surface area contributed by atoms with Crippen LogP contribution in [-0.2, 0) is 0 Å². The molecule has 0 aliphatic heterocycles. The van der Waals surface area contributed by atoms with E-state index in [-0.39, 0.29) is 6.03 Å². The van der Waals surface area contributed by atoms with Crippen LogP contribution in [0, 0.1) is 0 Å². The Kier molecular flexibility index (Phi) is 4.47. The maximum atomic E-state index is 11.9. The van der Waals surface area contributed by atoms with Gasteiger partial charge in [0, 0.05) is 27.6 Å². The van der Waals surface area contributed by atoms with E-state index in [0.29, 0.717) is 22.8 Å². The fourth-order valence-electron chi connectivity index (χ4n) is 1.62. The lowest BCUT2D eigenvalue weighted by Crippen LogP contribution is -2.19. The third-order valence-corrected chi connectivity index (χ3v) is 3.30. The van der Waals surface area contributed by atoms with Crippen molar-refractivity contribution in [3.63, 3.8) is 0 Å². The van der Waals surface area contributed by atoms with Gasteiger partial charge in [-0.3, -0.25) is 0 Å². The van der Waals surface area contributed by atoms with Gasteiger partial charge in [0.1, 0.15) is 5.75 Å². The number of nitrogens with one attached hydrogen (secondary N) is 2. The van der Waals surface area contributed by atoms with Crippen molar-refractivity contribution in [2.24, 2.45) is 0 Å². The Morgan fingerprint density at radius 2 is 1.85 bits per heavy atom. The molecular weight excluding hydrogens is 322 g/mol. The molecule has 104 valence electrons. The zero-order valence-electron chi connectivity index (χ0n) is 10.8. The van der Waals surface area contributed by atoms with Gasteiger partial charge in [0.05, 0.1) is 7.11 Å². The summed E-state index contributed by atoms with van der Waals surface area (Å²) in [4.78, 5) is 11.9. The van der Waals surface area contributed by atoms with E-state index in [1.54, 1.807) is 49.6 Å². The summed E-state index contributed by atoms with van der Waals surface area (Å²) in [5.74, 6) is 0.677. The smallest absolute Gasteiger partial charge is 0.323 e. The number of nitrogen functional groups attached to an aromatic ring is 1. The average molecular weight is 336 g/mol. The summed E-state index contributed by atoms with van der Waals surface area (Å²) in [7, 11) is 1.57. The fraction of sp³-hybridized carbons (Fsp3) is 0.0714. The van der Waals surface area contributed by atoms with E-state index in [0.717, 1.165) is 4.47 Å². The van der Waals surface area contributed by atoms with Crippen LogP contribution in [0.5, 0.6) is 5.75 Å². The van der Waals surface area contributed by atoms with Gasteiger partial charge >= 0.3 is 6.03 Å². The number of carbonyl (C=O) groups is 1. The van der Waals surface area contributed by atoms with Gasteiger partial charge in [0.25, 0.3) is 0 Å². The molecule has 5 nitrogen and oxygen atoms in total. The summed E-state index contributed by atoms with van der Waals surface area (Å²) in [6.07, 6.45) is 0. The molecule has 0 saturated carbocycles. The van der Waals surface area contributed by atoms with E-state index in [1.165, 1.54) is 0 Å². The highest BCUT2D eigenvalue weighted by molar-refractivity contribution is 9.10. The summed E-state index contributed by atoms with van der Waals surface area (Å²) >= 11 is 3.30. The summed E-state index contributed by atoms with van der Waals surface area (Å²) in [6, 6.07) is 12.0. The Morgan fingerprint density at radius 1 is 1.15 bits per heavy atom. The second-order valence-corrected chi connectivity index (χ2v) is 4.90. The molecule has 0 bridgehead atoms. The molecule has 2 amide bonds. The lowest BCUT2D eigenvalue weighted by atomic mass is 10.3. The molecule has 0 spiro atoms. The molecule has 0 aliphatic carbocycles. The predicted octanol–water partition coefficient (Wildman–Crippen LogP) is 3.68. The predicted molar refractivity (Wildman–Crippen MR) is 84.2 cm³/mol. The average Bonchev–Trinajstić information content (AvgIpc) is 2.43. The molecule has 0 atom stereocenters. The second-order valence-electron chi connectivity index (χ2n) is 4.05. The number of anilines is 3. The molecule has 2 aromatic carbocycles. The van der Waals surface area contributed by atoms with Crippen LogP contribution in [0.25, 0.3) is 0 Å². The topological polar surface area (TPSA) is 76.4 Å². The van der Waals surface area contributed by atoms with Crippen LogP contribution in [0.1, 0.15) is 0 Å². The summed E-state index contributed by atoms with van der Waals surface area (Å²) in [5.41, 5.74) is 7.57. The number of amides is 2. The monoisotopic (exact) mass is 335 g/mol. The van der Waals surface area contributed by atoms with Gasteiger partial charge in [-0.05, 0) is 46.3 Å². The number of rotatable bonds is 3. The molecule has 0 aliphatic rings. The van der Waals surface area contributed by atoms with E-state index < -0.39 is 0 Å². The fourth-order valence-corrected chi connectivity index (χ4v) is 1.86. The Hall–Kier alpha value is -2.21. The van der Waals surface area contributed by atoms with Gasteiger partial charge in [-0.15, -0.1) is 0 Å². The third kappa shape index (κ3) is 3.64. The Labute approximate surface area is 125 Å². The van der Waals surface area contributed by atoms with Gasteiger partial charge in [-0.2, -0.15) is 0 Å². The van der Waals surface area contributed by atoms with Crippen LogP contribution in [0.2, 0.25) is 0 Å². The number of benzene rings is 2. The molecule has 2 aromatic rings. The van der Waals surface area contributed by atoms with Crippen molar-refractivity contribution < 1.29 is 9.53 Å². The zero-order valence-corrected chi connectivity index (χ0v) is 12.4. The standard InChI is InChI=1S/C14H14BrN3O2/c1-20-11-4-2-3-9(7-11)17-14(19)18-10-5-6-12(15)13(16)8-10/h2-8H,16H2,1H3,(H2,17,18,19). The Bertz CT molecular complexity index is 632. The van der Waals surface area contributed by atoms with Crippen molar-refractivity contribution in [2.75, 3.05) is 23.5 Å². The molecule has 0 heterocycles. The number of nitrogens with two attached hydrogens (primary N) is 1. The lowest BCUT2D eigenvalue weighted by molar-refractivity contribution is 0.262. The van der Waals surface area contributed by atoms with Crippen molar-refractivity contribution >= 4 is 39.0 Å². The number of hydrogen-bond acceptors (Lipinski definition) is 3. The first-order chi connectivity index (χ1) is 9.58. The molecule has 4 N–H and O–H groups in total. The van der Waals surface area contributed by atoms with Crippen molar-refractivity contribution in [3.05, 3.63) is 46.9 Å². The van der Waals surface area contributed by atoms with Crippen LogP contribution < -0.4 is 21.1 Å². The van der Waals surface area contributed by atoms with Crippen molar-refractivity contribution in [1.29, 1.82) is 0 Å². The summed E-state index contributed by atoms with van der Waals surface area (Å²) < 4.78 is 5.88. The highest BCUT2D eigenvalue weighted by atomic mass is 79.9. The lowest BCUT2D eigenvalue weighted by Gasteiger charge is -2.09. The third-order valence-electron chi connectivity index (χ3n) is 2.58. The molecule has 0 saturated heterocycles. The maximum Gasteiger partial charge on any atom is 0.323 e. The molecule has 20 heavy (non-hydrogen) atoms. The number of ether oxygens (including phenoxy) is 1. The van der Waals surface area contributed by atoms with Crippen LogP contribution in [-0.4, -0.2) is 13.1 Å². The molecule has 0 fully saturated rings. The van der Waals surface area contributed by atoms with E-state index in [2.05, 4.69) is 26.6 Å². The molecule has 0 aromatic heterocycles. The van der Waals surface area contributed by atoms with Crippen LogP contribution >= 0.6 is 15.9 Å². The number of halogens is 1. The quantitative estimate of drug-likeness (QED) is 0.748. The van der Waals surface area contributed by atoms with Crippen molar-refractivity contribution in [2.45, 2.75) is 0 Å². The summed E-state index contributed by atoms with van der Waals surface area (Å²) in [5, 5.41) is 5.42. The van der Waals surface area contributed by atoms with E-state index in [4.69, 9.17) is 10.5 Å². The largest absolute Gasteiger partial charge is 0.497 e. The Balaban J connectivity index is 2.03. The highest BCUT2D eigenvalue weighted by Gasteiger charge is 2.05. The van der Waals surface area contributed by atoms with Crippen LogP contribution in [0.4, 0.5) is 21.9 Å². The van der Waals surface area contributed by atoms with Crippen LogP contribution in [0.15, 0.2) is 46.9 Å². The molecule has 0 unspecified atom stereocenters. The summed E-state index contributed by atoms with van der Waals surface area (Å²) in [6.45, 7) is 0. The van der Waals surface area contributed by atoms with E-state index in [1.807, 2.05) is 0 Å². The maximum absolute atomic E-state index is 11.9. The highest BCUT2D eigenvalue weighted by Crippen LogP contribution is 2.23. The number of methoxy groups -OCH3 is 1. The molecule has 0 radical (unpaired) electrons. The Morgan fingerprint density at radius 3 is 2.50 bits per heavy atom. The van der Waals surface area contributed by atoms with Crippen molar-refractivity contribution in [3.8, 4) is 5.75 Å². The number of urea groups is 1.